The summed E-state index contributed by atoms with van der Waals surface area (Å²) in [5.74, 6) is 0.0768. The Morgan fingerprint density at radius 2 is 2.30 bits per heavy atom. The Hall–Kier alpha value is -1.93. The molecule has 0 radical (unpaired) electrons. The van der Waals surface area contributed by atoms with E-state index in [0.717, 1.165) is 4.68 Å². The summed E-state index contributed by atoms with van der Waals surface area (Å²) in [4.78, 5) is 23.3. The molecular weight excluding hydrogens is 264 g/mol. The van der Waals surface area contributed by atoms with E-state index >= 15 is 0 Å². The predicted molar refractivity (Wildman–Crippen MR) is 72.5 cm³/mol. The van der Waals surface area contributed by atoms with E-state index < -0.39 is 5.56 Å². The fourth-order valence-electron chi connectivity index (χ4n) is 1.37. The van der Waals surface area contributed by atoms with Crippen LogP contribution in [0.15, 0.2) is 17.1 Å². The second-order valence-electron chi connectivity index (χ2n) is 4.02. The van der Waals surface area contributed by atoms with Crippen LogP contribution in [0.25, 0.3) is 0 Å². The zero-order valence-corrected chi connectivity index (χ0v) is 11.5. The van der Waals surface area contributed by atoms with Gasteiger partial charge in [-0.2, -0.15) is 5.10 Å². The number of nitrogens with two attached hydrogens (primary N) is 1. The van der Waals surface area contributed by atoms with Gasteiger partial charge in [0, 0.05) is 19.7 Å². The van der Waals surface area contributed by atoms with E-state index in [0.29, 0.717) is 38.5 Å². The fraction of sp³-hybridized carbons (Fsp3) is 0.583. The van der Waals surface area contributed by atoms with Crippen LogP contribution in [-0.4, -0.2) is 49.1 Å². The summed E-state index contributed by atoms with van der Waals surface area (Å²) >= 11 is 0. The highest BCUT2D eigenvalue weighted by atomic mass is 16.5. The number of rotatable bonds is 9. The maximum atomic E-state index is 11.7. The minimum Gasteiger partial charge on any atom is -0.492 e. The number of carbonyl (C=O) groups is 1. The molecule has 112 valence electrons. The van der Waals surface area contributed by atoms with E-state index in [1.54, 1.807) is 7.11 Å². The summed E-state index contributed by atoms with van der Waals surface area (Å²) in [5, 5.41) is 6.49. The average molecular weight is 284 g/mol. The van der Waals surface area contributed by atoms with Gasteiger partial charge in [0.15, 0.2) is 0 Å². The molecule has 1 aromatic rings. The Morgan fingerprint density at radius 3 is 2.95 bits per heavy atom. The van der Waals surface area contributed by atoms with Crippen molar-refractivity contribution in [3.05, 3.63) is 22.6 Å². The molecule has 3 N–H and O–H groups in total. The lowest BCUT2D eigenvalue weighted by molar-refractivity contribution is -0.122. The number of hydrogen-bond acceptors (Lipinski definition) is 6. The monoisotopic (exact) mass is 284 g/mol. The van der Waals surface area contributed by atoms with Gasteiger partial charge in [0.2, 0.25) is 5.91 Å². The van der Waals surface area contributed by atoms with E-state index in [9.17, 15) is 9.59 Å². The predicted octanol–water partition coefficient (Wildman–Crippen LogP) is -1.27. The first-order valence-corrected chi connectivity index (χ1v) is 6.33. The maximum Gasteiger partial charge on any atom is 0.270 e. The number of nitrogens with zero attached hydrogens (tertiary/aromatic N) is 2. The van der Waals surface area contributed by atoms with Crippen LogP contribution in [-0.2, 0) is 16.1 Å². The summed E-state index contributed by atoms with van der Waals surface area (Å²) in [5.41, 5.74) is 4.95. The minimum absolute atomic E-state index is 0.133. The lowest BCUT2D eigenvalue weighted by Crippen LogP contribution is -2.34. The van der Waals surface area contributed by atoms with Crippen molar-refractivity contribution < 1.29 is 14.3 Å². The Kier molecular flexibility index (Phi) is 7.30. The lowest BCUT2D eigenvalue weighted by atomic mass is 10.4. The SMILES string of the molecule is COCCNC(=O)Cn1ncc(OCCCN)cc1=O. The molecule has 0 aliphatic rings. The van der Waals surface area contributed by atoms with Crippen LogP contribution in [0.5, 0.6) is 5.75 Å². The molecule has 0 aromatic carbocycles. The molecule has 0 bridgehead atoms. The van der Waals surface area contributed by atoms with Gasteiger partial charge in [0.05, 0.1) is 19.4 Å². The Balaban J connectivity index is 2.51. The first-order valence-electron chi connectivity index (χ1n) is 6.33. The van der Waals surface area contributed by atoms with Gasteiger partial charge in [-0.1, -0.05) is 0 Å². The molecule has 0 saturated heterocycles. The van der Waals surface area contributed by atoms with Gasteiger partial charge in [-0.25, -0.2) is 4.68 Å². The molecule has 0 unspecified atom stereocenters. The fourth-order valence-corrected chi connectivity index (χ4v) is 1.37. The molecule has 0 aliphatic carbocycles. The third-order valence-electron chi connectivity index (χ3n) is 2.38. The van der Waals surface area contributed by atoms with Gasteiger partial charge < -0.3 is 20.5 Å². The summed E-state index contributed by atoms with van der Waals surface area (Å²) in [6.45, 7) is 1.63. The second kappa shape index (κ2) is 9.05. The number of hydrogen-bond donors (Lipinski definition) is 2. The quantitative estimate of drug-likeness (QED) is 0.548. The highest BCUT2D eigenvalue weighted by Crippen LogP contribution is 2.03. The summed E-state index contributed by atoms with van der Waals surface area (Å²) < 4.78 is 11.2. The molecule has 1 rings (SSSR count). The summed E-state index contributed by atoms with van der Waals surface area (Å²) in [6.07, 6.45) is 2.10. The van der Waals surface area contributed by atoms with Gasteiger partial charge in [0.1, 0.15) is 12.3 Å². The smallest absolute Gasteiger partial charge is 0.270 e. The van der Waals surface area contributed by atoms with Gasteiger partial charge >= 0.3 is 0 Å². The minimum atomic E-state index is -0.392. The third kappa shape index (κ3) is 5.81. The van der Waals surface area contributed by atoms with Crippen molar-refractivity contribution in [1.29, 1.82) is 0 Å². The van der Waals surface area contributed by atoms with Crippen molar-refractivity contribution in [3.63, 3.8) is 0 Å². The number of carbonyl (C=O) groups excluding carboxylic acids is 1. The van der Waals surface area contributed by atoms with Crippen molar-refractivity contribution in [2.45, 2.75) is 13.0 Å². The molecule has 20 heavy (non-hydrogen) atoms. The van der Waals surface area contributed by atoms with E-state index in [-0.39, 0.29) is 12.5 Å². The van der Waals surface area contributed by atoms with Crippen molar-refractivity contribution in [3.8, 4) is 5.75 Å². The summed E-state index contributed by atoms with van der Waals surface area (Å²) in [6, 6.07) is 1.30. The molecule has 8 nitrogen and oxygen atoms in total. The molecule has 0 aliphatic heterocycles. The molecule has 0 spiro atoms. The van der Waals surface area contributed by atoms with Gasteiger partial charge in [-0.3, -0.25) is 9.59 Å². The molecule has 1 heterocycles. The van der Waals surface area contributed by atoms with Crippen molar-refractivity contribution in [2.24, 2.45) is 5.73 Å². The zero-order valence-electron chi connectivity index (χ0n) is 11.5. The first-order chi connectivity index (χ1) is 9.67. The standard InChI is InChI=1S/C12H20N4O4/c1-19-6-4-14-11(17)9-16-12(18)7-10(8-15-16)20-5-2-3-13/h7-8H,2-6,9,13H2,1H3,(H,14,17). The number of amides is 1. The van der Waals surface area contributed by atoms with Gasteiger partial charge in [0.25, 0.3) is 5.56 Å². The van der Waals surface area contributed by atoms with Gasteiger partial charge in [-0.05, 0) is 13.0 Å². The molecule has 1 aromatic heterocycles. The largest absolute Gasteiger partial charge is 0.492 e. The van der Waals surface area contributed by atoms with E-state index in [2.05, 4.69) is 10.4 Å². The zero-order chi connectivity index (χ0) is 14.8. The Morgan fingerprint density at radius 1 is 1.50 bits per heavy atom. The molecule has 0 atom stereocenters. The van der Waals surface area contributed by atoms with Crippen molar-refractivity contribution in [1.82, 2.24) is 15.1 Å². The summed E-state index contributed by atoms with van der Waals surface area (Å²) in [7, 11) is 1.54. The number of nitrogens with one attached hydrogen (secondary N) is 1. The van der Waals surface area contributed by atoms with Crippen LogP contribution in [0, 0.1) is 0 Å². The van der Waals surface area contributed by atoms with Crippen LogP contribution in [0.3, 0.4) is 0 Å². The van der Waals surface area contributed by atoms with E-state index in [4.69, 9.17) is 15.2 Å². The maximum absolute atomic E-state index is 11.7. The normalized spacial score (nSPS) is 10.3. The van der Waals surface area contributed by atoms with Crippen LogP contribution < -0.4 is 21.3 Å². The highest BCUT2D eigenvalue weighted by Gasteiger charge is 2.06. The van der Waals surface area contributed by atoms with Crippen LogP contribution in [0.2, 0.25) is 0 Å². The number of ether oxygens (including phenoxy) is 2. The third-order valence-corrected chi connectivity index (χ3v) is 2.38. The van der Waals surface area contributed by atoms with Crippen LogP contribution >= 0.6 is 0 Å². The molecule has 0 saturated carbocycles. The first kappa shape index (κ1) is 16.1. The number of methoxy groups -OCH3 is 1. The lowest BCUT2D eigenvalue weighted by Gasteiger charge is -2.08. The topological polar surface area (TPSA) is 108 Å². The molecule has 8 heteroatoms. The molecule has 0 fully saturated rings. The molecule has 1 amide bonds. The highest BCUT2D eigenvalue weighted by molar-refractivity contribution is 5.75. The van der Waals surface area contributed by atoms with Gasteiger partial charge in [-0.15, -0.1) is 0 Å². The Labute approximate surface area is 116 Å². The van der Waals surface area contributed by atoms with E-state index in [1.165, 1.54) is 12.3 Å². The average Bonchev–Trinajstić information content (AvgIpc) is 2.42. The van der Waals surface area contributed by atoms with Crippen molar-refractivity contribution in [2.75, 3.05) is 33.4 Å². The number of aromatic nitrogens is 2. The van der Waals surface area contributed by atoms with Crippen molar-refractivity contribution >= 4 is 5.91 Å². The van der Waals surface area contributed by atoms with Crippen LogP contribution in [0.4, 0.5) is 0 Å². The second-order valence-corrected chi connectivity index (χ2v) is 4.02. The molecular formula is C12H20N4O4. The van der Waals surface area contributed by atoms with Crippen LogP contribution in [0.1, 0.15) is 6.42 Å². The Bertz CT molecular complexity index is 475. The van der Waals surface area contributed by atoms with E-state index in [1.807, 2.05) is 0 Å².